The van der Waals surface area contributed by atoms with Crippen molar-refractivity contribution < 1.29 is 39.5 Å². The van der Waals surface area contributed by atoms with Crippen LogP contribution < -0.4 is 5.73 Å². The predicted molar refractivity (Wildman–Crippen MR) is 130 cm³/mol. The number of phenolic OH excluding ortho intramolecular Hbond substituents is 1. The zero-order chi connectivity index (χ0) is 26.8. The number of aromatic hydroxyl groups is 1. The van der Waals surface area contributed by atoms with E-state index in [0.717, 1.165) is 18.7 Å². The van der Waals surface area contributed by atoms with Crippen LogP contribution in [0.15, 0.2) is 29.0 Å². The van der Waals surface area contributed by atoms with Gasteiger partial charge in [-0.2, -0.15) is 0 Å². The highest BCUT2D eigenvalue weighted by atomic mass is 16.5. The van der Waals surface area contributed by atoms with Crippen molar-refractivity contribution in [3.63, 3.8) is 0 Å². The standard InChI is InChI=1S/C26H31N3O8/c1-28(2)20-15-10-13-9-14-12(11-29-5-7-37-8-6-29)3-4-16(30)18(14)21(31)17(13)23(33)26(15,36)24(34)19(22(20)32)25(27)35/h3-4,13,15,20,30-31,34,36H,5-11H2,1-2H3,(H2,27,35). The first-order valence-electron chi connectivity index (χ1n) is 12.3. The van der Waals surface area contributed by atoms with Gasteiger partial charge in [0.15, 0.2) is 11.4 Å². The van der Waals surface area contributed by atoms with Crippen molar-refractivity contribution in [3.8, 4) is 5.75 Å². The number of amides is 1. The molecule has 0 aromatic heterocycles. The Morgan fingerprint density at radius 3 is 2.49 bits per heavy atom. The third kappa shape index (κ3) is 3.68. The van der Waals surface area contributed by atoms with Gasteiger partial charge in [0.05, 0.1) is 24.8 Å². The molecular weight excluding hydrogens is 482 g/mol. The van der Waals surface area contributed by atoms with Gasteiger partial charge in [-0.25, -0.2) is 0 Å². The van der Waals surface area contributed by atoms with Crippen molar-refractivity contribution >= 4 is 23.2 Å². The number of ether oxygens (including phenoxy) is 1. The van der Waals surface area contributed by atoms with Crippen molar-refractivity contribution in [2.75, 3.05) is 40.4 Å². The van der Waals surface area contributed by atoms with E-state index in [1.807, 2.05) is 0 Å². The van der Waals surface area contributed by atoms with Crippen LogP contribution in [0.2, 0.25) is 0 Å². The number of primary amides is 1. The molecule has 5 rings (SSSR count). The minimum Gasteiger partial charge on any atom is -0.508 e. The average molecular weight is 514 g/mol. The Hall–Kier alpha value is -3.25. The summed E-state index contributed by atoms with van der Waals surface area (Å²) in [6.45, 7) is 3.25. The number of benzene rings is 1. The lowest BCUT2D eigenvalue weighted by atomic mass is 9.57. The monoisotopic (exact) mass is 513 g/mol. The van der Waals surface area contributed by atoms with Crippen LogP contribution in [0.1, 0.15) is 23.1 Å². The molecule has 1 saturated heterocycles. The SMILES string of the molecule is CN(C)C1C(=O)C(C(N)=O)=C(O)C2(O)C(=O)C3=C(O)c4c(O)ccc(CN5CCOCC5)c4CC3CC12. The fraction of sp³-hybridized carbons (Fsp3) is 0.500. The second kappa shape index (κ2) is 8.95. The highest BCUT2D eigenvalue weighted by molar-refractivity contribution is 6.24. The minimum atomic E-state index is -2.63. The number of fused-ring (bicyclic) bond motifs is 3. The van der Waals surface area contributed by atoms with Gasteiger partial charge in [0.1, 0.15) is 22.8 Å². The summed E-state index contributed by atoms with van der Waals surface area (Å²) in [7, 11) is 3.15. The lowest BCUT2D eigenvalue weighted by molar-refractivity contribution is -0.153. The topological polar surface area (TPSA) is 174 Å². The number of likely N-dealkylation sites (N-methyl/N-ethyl adjacent to an activating group) is 1. The molecule has 0 spiro atoms. The van der Waals surface area contributed by atoms with Crippen molar-refractivity contribution in [2.24, 2.45) is 17.6 Å². The number of hydrogen-bond acceptors (Lipinski definition) is 10. The van der Waals surface area contributed by atoms with Crippen LogP contribution in [0.25, 0.3) is 5.76 Å². The van der Waals surface area contributed by atoms with E-state index in [-0.39, 0.29) is 29.7 Å². The third-order valence-electron chi connectivity index (χ3n) is 8.20. The zero-order valence-electron chi connectivity index (χ0n) is 20.7. The Bertz CT molecular complexity index is 1260. The first-order chi connectivity index (χ1) is 17.5. The van der Waals surface area contributed by atoms with E-state index in [0.29, 0.717) is 25.3 Å². The number of ketones is 2. The molecule has 0 radical (unpaired) electrons. The van der Waals surface area contributed by atoms with Crippen LogP contribution in [0.4, 0.5) is 0 Å². The Labute approximate surface area is 213 Å². The van der Waals surface area contributed by atoms with Crippen molar-refractivity contribution in [3.05, 3.63) is 45.7 Å². The molecule has 4 atom stereocenters. The number of nitrogens with zero attached hydrogens (tertiary/aromatic N) is 2. The number of carbonyl (C=O) groups is 3. The molecule has 4 aliphatic rings. The number of phenols is 1. The fourth-order valence-electron chi connectivity index (χ4n) is 6.46. The normalized spacial score (nSPS) is 30.3. The van der Waals surface area contributed by atoms with Gasteiger partial charge in [0.25, 0.3) is 5.91 Å². The van der Waals surface area contributed by atoms with E-state index in [4.69, 9.17) is 10.5 Å². The van der Waals surface area contributed by atoms with Gasteiger partial charge < -0.3 is 30.9 Å². The molecule has 1 aromatic rings. The number of aliphatic hydroxyl groups is 3. The van der Waals surface area contributed by atoms with Gasteiger partial charge in [-0.15, -0.1) is 0 Å². The number of Topliss-reactive ketones (excluding diaryl/α,β-unsaturated/α-hetero) is 2. The molecule has 1 aliphatic heterocycles. The summed E-state index contributed by atoms with van der Waals surface area (Å²) in [5.74, 6) is -6.49. The smallest absolute Gasteiger partial charge is 0.255 e. The van der Waals surface area contributed by atoms with E-state index in [1.165, 1.54) is 11.0 Å². The Morgan fingerprint density at radius 2 is 1.86 bits per heavy atom. The summed E-state index contributed by atoms with van der Waals surface area (Å²) >= 11 is 0. The first-order valence-corrected chi connectivity index (χ1v) is 12.3. The van der Waals surface area contributed by atoms with Gasteiger partial charge in [-0.3, -0.25) is 24.2 Å². The Kier molecular flexibility index (Phi) is 6.14. The van der Waals surface area contributed by atoms with Crippen LogP contribution in [0.5, 0.6) is 5.75 Å². The molecule has 1 amide bonds. The van der Waals surface area contributed by atoms with Gasteiger partial charge in [-0.05, 0) is 50.0 Å². The van der Waals surface area contributed by atoms with E-state index < -0.39 is 58.0 Å². The lowest BCUT2D eigenvalue weighted by Gasteiger charge is -2.50. The number of morpholine rings is 1. The number of aliphatic hydroxyl groups excluding tert-OH is 2. The molecule has 3 aliphatic carbocycles. The Morgan fingerprint density at radius 1 is 1.19 bits per heavy atom. The molecule has 198 valence electrons. The maximum atomic E-state index is 13.9. The van der Waals surface area contributed by atoms with Gasteiger partial charge in [0.2, 0.25) is 5.78 Å². The number of carbonyl (C=O) groups excluding carboxylic acids is 3. The summed E-state index contributed by atoms with van der Waals surface area (Å²) in [5.41, 5.74) is 3.44. The second-order valence-corrected chi connectivity index (χ2v) is 10.4. The molecule has 0 bridgehead atoms. The molecule has 1 aromatic carbocycles. The van der Waals surface area contributed by atoms with Crippen LogP contribution in [0, 0.1) is 11.8 Å². The first kappa shape index (κ1) is 25.4. The molecular formula is C26H31N3O8. The summed E-state index contributed by atoms with van der Waals surface area (Å²) in [6, 6.07) is 2.15. The van der Waals surface area contributed by atoms with Crippen molar-refractivity contribution in [1.82, 2.24) is 9.80 Å². The van der Waals surface area contributed by atoms with Crippen LogP contribution >= 0.6 is 0 Å². The fourth-order valence-corrected chi connectivity index (χ4v) is 6.46. The average Bonchev–Trinajstić information content (AvgIpc) is 2.83. The molecule has 6 N–H and O–H groups in total. The quantitative estimate of drug-likeness (QED) is 0.339. The van der Waals surface area contributed by atoms with Crippen LogP contribution in [0.3, 0.4) is 0 Å². The van der Waals surface area contributed by atoms with Crippen LogP contribution in [-0.2, 0) is 32.1 Å². The summed E-state index contributed by atoms with van der Waals surface area (Å²) in [6.07, 6.45) is 0.348. The van der Waals surface area contributed by atoms with Crippen LogP contribution in [-0.4, -0.2) is 99.7 Å². The van der Waals surface area contributed by atoms with E-state index in [2.05, 4.69) is 4.90 Å². The predicted octanol–water partition coefficient (Wildman–Crippen LogP) is -0.204. The molecule has 11 nitrogen and oxygen atoms in total. The van der Waals surface area contributed by atoms with Gasteiger partial charge in [0, 0.05) is 31.1 Å². The van der Waals surface area contributed by atoms with Crippen molar-refractivity contribution in [2.45, 2.75) is 31.0 Å². The highest BCUT2D eigenvalue weighted by Crippen LogP contribution is 2.53. The van der Waals surface area contributed by atoms with E-state index in [1.54, 1.807) is 20.2 Å². The van der Waals surface area contributed by atoms with E-state index in [9.17, 15) is 34.8 Å². The summed E-state index contributed by atoms with van der Waals surface area (Å²) in [5, 5.41) is 44.5. The largest absolute Gasteiger partial charge is 0.508 e. The number of hydrogen-bond donors (Lipinski definition) is 5. The third-order valence-corrected chi connectivity index (χ3v) is 8.20. The maximum absolute atomic E-state index is 13.9. The molecule has 37 heavy (non-hydrogen) atoms. The second-order valence-electron chi connectivity index (χ2n) is 10.4. The molecule has 11 heteroatoms. The molecule has 2 fully saturated rings. The molecule has 1 saturated carbocycles. The van der Waals surface area contributed by atoms with Gasteiger partial charge >= 0.3 is 0 Å². The maximum Gasteiger partial charge on any atom is 0.255 e. The highest BCUT2D eigenvalue weighted by Gasteiger charge is 2.64. The van der Waals surface area contributed by atoms with Gasteiger partial charge in [-0.1, -0.05) is 6.07 Å². The Balaban J connectivity index is 1.65. The lowest BCUT2D eigenvalue weighted by Crippen LogP contribution is -2.65. The zero-order valence-corrected chi connectivity index (χ0v) is 20.7. The summed E-state index contributed by atoms with van der Waals surface area (Å²) in [4.78, 5) is 42.8. The molecule has 1 heterocycles. The van der Waals surface area contributed by atoms with E-state index >= 15 is 0 Å². The molecule has 4 unspecified atom stereocenters. The number of rotatable bonds is 4. The minimum absolute atomic E-state index is 0.0679. The number of nitrogens with two attached hydrogens (primary N) is 1. The summed E-state index contributed by atoms with van der Waals surface area (Å²) < 4.78 is 5.42. The van der Waals surface area contributed by atoms with Crippen molar-refractivity contribution in [1.29, 1.82) is 0 Å².